The number of morpholine rings is 1. The van der Waals surface area contributed by atoms with E-state index in [1.807, 2.05) is 12.1 Å². The van der Waals surface area contributed by atoms with E-state index in [9.17, 15) is 0 Å². The average molecular weight is 327 g/mol. The van der Waals surface area contributed by atoms with Gasteiger partial charge in [-0.25, -0.2) is 0 Å². The third-order valence-corrected chi connectivity index (χ3v) is 4.23. The smallest absolute Gasteiger partial charge is 0.179 e. The third-order valence-electron chi connectivity index (χ3n) is 3.95. The van der Waals surface area contributed by atoms with Crippen LogP contribution in [-0.4, -0.2) is 57.0 Å². The lowest BCUT2D eigenvalue weighted by Crippen LogP contribution is -2.44. The number of fused-ring (bicyclic) bond motifs is 1. The summed E-state index contributed by atoms with van der Waals surface area (Å²) >= 11 is 6.26. The molecule has 0 saturated carbocycles. The van der Waals surface area contributed by atoms with Gasteiger partial charge in [0, 0.05) is 32.2 Å². The molecule has 1 aromatic carbocycles. The summed E-state index contributed by atoms with van der Waals surface area (Å²) in [6.45, 7) is 8.84. The molecule has 1 N–H and O–H groups in total. The lowest BCUT2D eigenvalue weighted by atomic mass is 10.1. The molecule has 0 spiro atoms. The summed E-state index contributed by atoms with van der Waals surface area (Å²) in [4.78, 5) is 2.43. The van der Waals surface area contributed by atoms with E-state index in [1.165, 1.54) is 0 Å². The summed E-state index contributed by atoms with van der Waals surface area (Å²) < 4.78 is 16.5. The van der Waals surface area contributed by atoms with E-state index in [2.05, 4.69) is 17.1 Å². The first-order valence-corrected chi connectivity index (χ1v) is 8.21. The van der Waals surface area contributed by atoms with Crippen LogP contribution in [0.1, 0.15) is 12.5 Å². The van der Waals surface area contributed by atoms with Gasteiger partial charge in [0.15, 0.2) is 11.5 Å². The molecule has 22 heavy (non-hydrogen) atoms. The summed E-state index contributed by atoms with van der Waals surface area (Å²) in [6, 6.07) is 4.36. The summed E-state index contributed by atoms with van der Waals surface area (Å²) in [5, 5.41) is 4.16. The van der Waals surface area contributed by atoms with Crippen LogP contribution in [0.5, 0.6) is 11.5 Å². The zero-order chi connectivity index (χ0) is 15.4. The van der Waals surface area contributed by atoms with Crippen molar-refractivity contribution in [1.82, 2.24) is 10.2 Å². The molecule has 5 nitrogen and oxygen atoms in total. The molecule has 3 rings (SSSR count). The molecule has 6 heteroatoms. The molecule has 122 valence electrons. The molecule has 1 saturated heterocycles. The van der Waals surface area contributed by atoms with Gasteiger partial charge in [-0.2, -0.15) is 0 Å². The Kier molecular flexibility index (Phi) is 5.41. The maximum absolute atomic E-state index is 6.26. The number of hydrogen-bond acceptors (Lipinski definition) is 5. The van der Waals surface area contributed by atoms with Crippen molar-refractivity contribution in [2.75, 3.05) is 46.1 Å². The number of halogens is 1. The van der Waals surface area contributed by atoms with Crippen molar-refractivity contribution in [3.63, 3.8) is 0 Å². The molecule has 1 unspecified atom stereocenters. The fraction of sp³-hybridized carbons (Fsp3) is 0.625. The topological polar surface area (TPSA) is 43.0 Å². The van der Waals surface area contributed by atoms with Gasteiger partial charge in [-0.05, 0) is 24.6 Å². The number of hydrogen-bond donors (Lipinski definition) is 1. The summed E-state index contributed by atoms with van der Waals surface area (Å²) in [6.07, 6.45) is 0. The molecule has 2 heterocycles. The number of nitrogens with zero attached hydrogens (tertiary/aromatic N) is 1. The van der Waals surface area contributed by atoms with E-state index in [0.29, 0.717) is 30.0 Å². The Morgan fingerprint density at radius 2 is 1.95 bits per heavy atom. The van der Waals surface area contributed by atoms with Gasteiger partial charge in [0.2, 0.25) is 0 Å². The first-order chi connectivity index (χ1) is 10.7. The van der Waals surface area contributed by atoms with Crippen LogP contribution in [0.4, 0.5) is 0 Å². The van der Waals surface area contributed by atoms with Gasteiger partial charge in [-0.1, -0.05) is 11.6 Å². The minimum atomic E-state index is 0.407. The molecule has 0 radical (unpaired) electrons. The summed E-state index contributed by atoms with van der Waals surface area (Å²) in [7, 11) is 0. The highest BCUT2D eigenvalue weighted by atomic mass is 35.5. The Bertz CT molecular complexity index is 506. The molecule has 0 aliphatic carbocycles. The van der Waals surface area contributed by atoms with E-state index in [4.69, 9.17) is 25.8 Å². The zero-order valence-corrected chi connectivity index (χ0v) is 13.7. The van der Waals surface area contributed by atoms with E-state index in [1.54, 1.807) is 0 Å². The quantitative estimate of drug-likeness (QED) is 0.895. The van der Waals surface area contributed by atoms with Crippen LogP contribution in [0.25, 0.3) is 0 Å². The molecule has 0 aromatic heterocycles. The molecule has 1 atom stereocenters. The lowest BCUT2D eigenvalue weighted by molar-refractivity contribution is 0.0343. The second-order valence-electron chi connectivity index (χ2n) is 5.80. The van der Waals surface area contributed by atoms with Crippen molar-refractivity contribution in [2.45, 2.75) is 19.5 Å². The normalized spacial score (nSPS) is 19.9. The van der Waals surface area contributed by atoms with Crippen LogP contribution < -0.4 is 14.8 Å². The van der Waals surface area contributed by atoms with Crippen molar-refractivity contribution >= 4 is 11.6 Å². The maximum Gasteiger partial charge on any atom is 0.179 e. The van der Waals surface area contributed by atoms with Crippen LogP contribution in [0.2, 0.25) is 5.02 Å². The second kappa shape index (κ2) is 7.51. The minimum Gasteiger partial charge on any atom is -0.486 e. The predicted octanol–water partition coefficient (Wildman–Crippen LogP) is 1.92. The van der Waals surface area contributed by atoms with Crippen molar-refractivity contribution < 1.29 is 14.2 Å². The van der Waals surface area contributed by atoms with Gasteiger partial charge in [0.05, 0.1) is 18.2 Å². The monoisotopic (exact) mass is 326 g/mol. The number of benzene rings is 1. The minimum absolute atomic E-state index is 0.407. The van der Waals surface area contributed by atoms with Crippen molar-refractivity contribution in [2.24, 2.45) is 0 Å². The van der Waals surface area contributed by atoms with Crippen LogP contribution in [0.3, 0.4) is 0 Å². The zero-order valence-electron chi connectivity index (χ0n) is 12.9. The second-order valence-corrected chi connectivity index (χ2v) is 6.20. The highest BCUT2D eigenvalue weighted by molar-refractivity contribution is 6.32. The Labute approximate surface area is 136 Å². The van der Waals surface area contributed by atoms with Gasteiger partial charge in [0.1, 0.15) is 13.2 Å². The van der Waals surface area contributed by atoms with Crippen molar-refractivity contribution in [3.05, 3.63) is 22.7 Å². The van der Waals surface area contributed by atoms with Gasteiger partial charge >= 0.3 is 0 Å². The summed E-state index contributed by atoms with van der Waals surface area (Å²) in [5.41, 5.74) is 1.11. The largest absolute Gasteiger partial charge is 0.486 e. The van der Waals surface area contributed by atoms with Gasteiger partial charge < -0.3 is 19.5 Å². The molecule has 0 amide bonds. The third kappa shape index (κ3) is 4.04. The van der Waals surface area contributed by atoms with Crippen molar-refractivity contribution in [1.29, 1.82) is 0 Å². The first-order valence-electron chi connectivity index (χ1n) is 7.84. The highest BCUT2D eigenvalue weighted by Gasteiger charge is 2.17. The summed E-state index contributed by atoms with van der Waals surface area (Å²) in [5.74, 6) is 1.41. The Balaban J connectivity index is 1.53. The van der Waals surface area contributed by atoms with Crippen molar-refractivity contribution in [3.8, 4) is 11.5 Å². The maximum atomic E-state index is 6.26. The molecule has 1 fully saturated rings. The first kappa shape index (κ1) is 15.9. The molecule has 0 bridgehead atoms. The molecule has 1 aromatic rings. The lowest BCUT2D eigenvalue weighted by Gasteiger charge is -2.29. The molecular weight excluding hydrogens is 304 g/mol. The van der Waals surface area contributed by atoms with Gasteiger partial charge in [-0.3, -0.25) is 4.90 Å². The SMILES string of the molecule is CC(CN1CCOCC1)NCc1cc(Cl)c2c(c1)OCCO2. The Morgan fingerprint density at radius 1 is 1.18 bits per heavy atom. The standard InChI is InChI=1S/C16H23ClN2O3/c1-12(11-19-2-4-20-5-3-19)18-10-13-8-14(17)16-15(9-13)21-6-7-22-16/h8-9,12,18H,2-7,10-11H2,1H3. The van der Waals surface area contributed by atoms with Gasteiger partial charge in [-0.15, -0.1) is 0 Å². The number of ether oxygens (including phenoxy) is 3. The number of nitrogens with one attached hydrogen (secondary N) is 1. The van der Waals surface area contributed by atoms with Crippen LogP contribution in [0, 0.1) is 0 Å². The Hall–Kier alpha value is -1.01. The molecular formula is C16H23ClN2O3. The fourth-order valence-corrected chi connectivity index (χ4v) is 3.08. The van der Waals surface area contributed by atoms with Crippen LogP contribution >= 0.6 is 11.6 Å². The predicted molar refractivity (Wildman–Crippen MR) is 86.0 cm³/mol. The van der Waals surface area contributed by atoms with E-state index in [-0.39, 0.29) is 0 Å². The fourth-order valence-electron chi connectivity index (χ4n) is 2.79. The van der Waals surface area contributed by atoms with Crippen LogP contribution in [-0.2, 0) is 11.3 Å². The highest BCUT2D eigenvalue weighted by Crippen LogP contribution is 2.38. The van der Waals surface area contributed by atoms with E-state index >= 15 is 0 Å². The molecule has 2 aliphatic rings. The Morgan fingerprint density at radius 3 is 2.77 bits per heavy atom. The van der Waals surface area contributed by atoms with E-state index < -0.39 is 0 Å². The van der Waals surface area contributed by atoms with Crippen LogP contribution in [0.15, 0.2) is 12.1 Å². The van der Waals surface area contributed by atoms with Gasteiger partial charge in [0.25, 0.3) is 0 Å². The number of rotatable bonds is 5. The molecule has 2 aliphatic heterocycles. The average Bonchev–Trinajstić information content (AvgIpc) is 2.54. The van der Waals surface area contributed by atoms with E-state index in [0.717, 1.165) is 50.7 Å².